The third kappa shape index (κ3) is 11.9. The van der Waals surface area contributed by atoms with Crippen LogP contribution in [0.15, 0.2) is 25.3 Å². The lowest BCUT2D eigenvalue weighted by molar-refractivity contribution is -0.0297. The maximum Gasteiger partial charge on any atom is 0.508 e. The van der Waals surface area contributed by atoms with Crippen molar-refractivity contribution in [3.63, 3.8) is 0 Å². The van der Waals surface area contributed by atoms with E-state index < -0.39 is 30.7 Å². The summed E-state index contributed by atoms with van der Waals surface area (Å²) in [5, 5.41) is 0. The maximum absolute atomic E-state index is 11.4. The first-order valence-corrected chi connectivity index (χ1v) is 7.07. The minimum Gasteiger partial charge on any atom is -0.430 e. The largest absolute Gasteiger partial charge is 0.508 e. The first kappa shape index (κ1) is 21.3. The summed E-state index contributed by atoms with van der Waals surface area (Å²) in [6, 6.07) is 0. The van der Waals surface area contributed by atoms with Crippen molar-refractivity contribution in [1.82, 2.24) is 0 Å². The highest BCUT2D eigenvalue weighted by molar-refractivity contribution is 5.61. The van der Waals surface area contributed by atoms with E-state index in [0.29, 0.717) is 0 Å². The minimum atomic E-state index is -1.000. The molecule has 0 aromatic rings. The van der Waals surface area contributed by atoms with E-state index in [2.05, 4.69) is 27.4 Å². The number of rotatable bonds is 10. The van der Waals surface area contributed by atoms with Crippen LogP contribution in [0, 0.1) is 0 Å². The van der Waals surface area contributed by atoms with Gasteiger partial charge in [-0.25, -0.2) is 14.4 Å². The molecule has 0 aromatic heterocycles. The van der Waals surface area contributed by atoms with Crippen molar-refractivity contribution in [2.45, 2.75) is 26.1 Å². The van der Waals surface area contributed by atoms with Gasteiger partial charge in [-0.1, -0.05) is 25.3 Å². The van der Waals surface area contributed by atoms with Crippen LogP contribution in [0.1, 0.15) is 13.8 Å². The van der Waals surface area contributed by atoms with Crippen molar-refractivity contribution < 1.29 is 42.8 Å². The Kier molecular flexibility index (Phi) is 11.4. The molecule has 0 aliphatic rings. The summed E-state index contributed by atoms with van der Waals surface area (Å²) in [6.07, 6.45) is -1.51. The van der Waals surface area contributed by atoms with E-state index in [-0.39, 0.29) is 26.4 Å². The fourth-order valence-electron chi connectivity index (χ4n) is 1.13. The Labute approximate surface area is 140 Å². The van der Waals surface area contributed by atoms with Crippen molar-refractivity contribution in [3.05, 3.63) is 25.3 Å². The highest BCUT2D eigenvalue weighted by Gasteiger charge is 2.17. The van der Waals surface area contributed by atoms with Crippen LogP contribution in [0.3, 0.4) is 0 Å². The fourth-order valence-corrected chi connectivity index (χ4v) is 1.13. The number of carbonyl (C=O) groups excluding carboxylic acids is 3. The lowest BCUT2D eigenvalue weighted by Gasteiger charge is -2.15. The predicted octanol–water partition coefficient (Wildman–Crippen LogP) is 2.60. The van der Waals surface area contributed by atoms with Gasteiger partial charge in [0.2, 0.25) is 0 Å². The third-order valence-corrected chi connectivity index (χ3v) is 2.10. The molecule has 0 N–H and O–H groups in total. The van der Waals surface area contributed by atoms with Crippen LogP contribution in [-0.4, -0.2) is 57.1 Å². The van der Waals surface area contributed by atoms with Gasteiger partial charge in [-0.15, -0.1) is 0 Å². The van der Waals surface area contributed by atoms with Crippen molar-refractivity contribution in [3.8, 4) is 0 Å². The van der Waals surface area contributed by atoms with E-state index in [4.69, 9.17) is 14.2 Å². The zero-order chi connectivity index (χ0) is 18.4. The van der Waals surface area contributed by atoms with Crippen LogP contribution in [0.2, 0.25) is 0 Å². The maximum atomic E-state index is 11.4. The molecule has 0 amide bonds. The van der Waals surface area contributed by atoms with Gasteiger partial charge in [-0.3, -0.25) is 0 Å². The standard InChI is InChI=1S/C15H22O9/c1-5-7-19-13(16)21-9-11(3)24-15(18)22-10-12(4)23-14(17)20-8-6-2/h5-6,11-12H,1-2,7-10H2,3-4H3. The molecule has 0 aromatic carbocycles. The van der Waals surface area contributed by atoms with Crippen LogP contribution < -0.4 is 0 Å². The molecule has 0 heterocycles. The summed E-state index contributed by atoms with van der Waals surface area (Å²) < 4.78 is 28.2. The van der Waals surface area contributed by atoms with Gasteiger partial charge >= 0.3 is 18.5 Å². The molecule has 136 valence electrons. The van der Waals surface area contributed by atoms with Gasteiger partial charge in [-0.05, 0) is 13.8 Å². The summed E-state index contributed by atoms with van der Waals surface area (Å²) in [5.41, 5.74) is 0. The summed E-state index contributed by atoms with van der Waals surface area (Å²) in [7, 11) is 0. The number of hydrogen-bond acceptors (Lipinski definition) is 9. The molecular formula is C15H22O9. The molecule has 9 heteroatoms. The van der Waals surface area contributed by atoms with E-state index >= 15 is 0 Å². The molecular weight excluding hydrogens is 324 g/mol. The second-order valence-electron chi connectivity index (χ2n) is 4.43. The normalized spacial score (nSPS) is 12.1. The molecule has 0 aliphatic heterocycles. The van der Waals surface area contributed by atoms with Gasteiger partial charge in [0, 0.05) is 0 Å². The van der Waals surface area contributed by atoms with Gasteiger partial charge < -0.3 is 28.4 Å². The Balaban J connectivity index is 3.87. The third-order valence-electron chi connectivity index (χ3n) is 2.10. The van der Waals surface area contributed by atoms with E-state index in [0.717, 1.165) is 0 Å². The van der Waals surface area contributed by atoms with Crippen LogP contribution >= 0.6 is 0 Å². The Morgan fingerprint density at radius 3 is 1.58 bits per heavy atom. The Morgan fingerprint density at radius 1 is 0.750 bits per heavy atom. The first-order chi connectivity index (χ1) is 11.4. The lowest BCUT2D eigenvalue weighted by atomic mass is 10.4. The first-order valence-electron chi connectivity index (χ1n) is 7.07. The topological polar surface area (TPSA) is 107 Å². The van der Waals surface area contributed by atoms with Crippen LogP contribution in [0.25, 0.3) is 0 Å². The van der Waals surface area contributed by atoms with E-state index in [1.165, 1.54) is 26.0 Å². The van der Waals surface area contributed by atoms with Crippen molar-refractivity contribution >= 4 is 18.5 Å². The Hall–Kier alpha value is -2.71. The van der Waals surface area contributed by atoms with Crippen molar-refractivity contribution in [2.24, 2.45) is 0 Å². The highest BCUT2D eigenvalue weighted by atomic mass is 16.8. The number of carbonyl (C=O) groups is 3. The molecule has 0 bridgehead atoms. The zero-order valence-corrected chi connectivity index (χ0v) is 13.7. The summed E-state index contributed by atoms with van der Waals surface area (Å²) in [5.74, 6) is 0. The number of ether oxygens (including phenoxy) is 6. The molecule has 0 rings (SSSR count). The molecule has 24 heavy (non-hydrogen) atoms. The fraction of sp³-hybridized carbons (Fsp3) is 0.533. The van der Waals surface area contributed by atoms with Crippen molar-refractivity contribution in [2.75, 3.05) is 26.4 Å². The van der Waals surface area contributed by atoms with Gasteiger partial charge in [-0.2, -0.15) is 0 Å². The van der Waals surface area contributed by atoms with E-state index in [1.54, 1.807) is 0 Å². The Morgan fingerprint density at radius 2 is 1.12 bits per heavy atom. The second-order valence-corrected chi connectivity index (χ2v) is 4.43. The van der Waals surface area contributed by atoms with Gasteiger partial charge in [0.15, 0.2) is 0 Å². The Bertz CT molecular complexity index is 433. The van der Waals surface area contributed by atoms with Crippen LogP contribution in [0.4, 0.5) is 14.4 Å². The summed E-state index contributed by atoms with van der Waals surface area (Å²) >= 11 is 0. The van der Waals surface area contributed by atoms with E-state index in [9.17, 15) is 14.4 Å². The van der Waals surface area contributed by atoms with Gasteiger partial charge in [0.1, 0.15) is 38.6 Å². The van der Waals surface area contributed by atoms with E-state index in [1.807, 2.05) is 0 Å². The molecule has 0 saturated heterocycles. The summed E-state index contributed by atoms with van der Waals surface area (Å²) in [4.78, 5) is 33.6. The molecule has 0 aliphatic carbocycles. The second kappa shape index (κ2) is 12.8. The number of hydrogen-bond donors (Lipinski definition) is 0. The SMILES string of the molecule is C=CCOC(=O)OCC(C)OC(=O)OCC(C)OC(=O)OCC=C. The molecule has 2 unspecified atom stereocenters. The quantitative estimate of drug-likeness (QED) is 0.335. The molecule has 2 atom stereocenters. The molecule has 9 nitrogen and oxygen atoms in total. The highest BCUT2D eigenvalue weighted by Crippen LogP contribution is 2.01. The molecule has 0 spiro atoms. The van der Waals surface area contributed by atoms with Crippen LogP contribution in [0.5, 0.6) is 0 Å². The molecule has 0 radical (unpaired) electrons. The molecule has 0 fully saturated rings. The zero-order valence-electron chi connectivity index (χ0n) is 13.7. The minimum absolute atomic E-state index is 0.0151. The smallest absolute Gasteiger partial charge is 0.430 e. The molecule has 0 saturated carbocycles. The average molecular weight is 346 g/mol. The van der Waals surface area contributed by atoms with Gasteiger partial charge in [0.25, 0.3) is 0 Å². The summed E-state index contributed by atoms with van der Waals surface area (Å²) in [6.45, 7) is 9.35. The van der Waals surface area contributed by atoms with Crippen molar-refractivity contribution in [1.29, 1.82) is 0 Å². The van der Waals surface area contributed by atoms with Gasteiger partial charge in [0.05, 0.1) is 0 Å². The monoisotopic (exact) mass is 346 g/mol. The predicted molar refractivity (Wildman–Crippen MR) is 81.5 cm³/mol. The van der Waals surface area contributed by atoms with Crippen LogP contribution in [-0.2, 0) is 28.4 Å². The lowest BCUT2D eigenvalue weighted by Crippen LogP contribution is -2.26. The average Bonchev–Trinajstić information content (AvgIpc) is 2.54.